The molecule has 0 radical (unpaired) electrons. The van der Waals surface area contributed by atoms with Gasteiger partial charge < -0.3 is 19.9 Å². The number of carbonyl (C=O) groups is 2. The molecule has 160 valence electrons. The van der Waals surface area contributed by atoms with E-state index in [9.17, 15) is 9.59 Å². The Morgan fingerprint density at radius 2 is 1.93 bits per heavy atom. The fourth-order valence-corrected chi connectivity index (χ4v) is 4.15. The molecule has 2 aliphatic rings. The number of fused-ring (bicyclic) bond motifs is 1. The van der Waals surface area contributed by atoms with Gasteiger partial charge in [0, 0.05) is 44.7 Å². The molecule has 8 nitrogen and oxygen atoms in total. The quantitative estimate of drug-likeness (QED) is 0.835. The first-order valence-corrected chi connectivity index (χ1v) is 10.3. The smallest absolute Gasteiger partial charge is 0.258 e. The number of nitrogens with zero attached hydrogens (tertiary/aromatic N) is 4. The Labute approximate surface area is 176 Å². The number of rotatable bonds is 3. The lowest BCUT2D eigenvalue weighted by Gasteiger charge is -2.41. The normalized spacial score (nSPS) is 18.7. The largest absolute Gasteiger partial charge is 0.484 e. The van der Waals surface area contributed by atoms with Crippen molar-refractivity contribution in [3.8, 4) is 5.75 Å². The van der Waals surface area contributed by atoms with Gasteiger partial charge in [0.15, 0.2) is 5.82 Å². The number of aromatic nitrogens is 2. The third-order valence-corrected chi connectivity index (χ3v) is 6.07. The van der Waals surface area contributed by atoms with Gasteiger partial charge in [-0.15, -0.1) is 0 Å². The van der Waals surface area contributed by atoms with Crippen LogP contribution in [0, 0.1) is 13.8 Å². The van der Waals surface area contributed by atoms with Gasteiger partial charge in [0.1, 0.15) is 17.9 Å². The van der Waals surface area contributed by atoms with Crippen molar-refractivity contribution in [2.24, 2.45) is 7.05 Å². The molecule has 0 bridgehead atoms. The van der Waals surface area contributed by atoms with Crippen LogP contribution in [0.25, 0.3) is 0 Å². The monoisotopic (exact) mass is 411 g/mol. The second-order valence-corrected chi connectivity index (χ2v) is 8.59. The highest BCUT2D eigenvalue weighted by Crippen LogP contribution is 2.35. The van der Waals surface area contributed by atoms with Gasteiger partial charge in [-0.25, -0.2) is 0 Å². The highest BCUT2D eigenvalue weighted by Gasteiger charge is 2.42. The fourth-order valence-electron chi connectivity index (χ4n) is 4.15. The maximum absolute atomic E-state index is 13.4. The molecular weight excluding hydrogens is 382 g/mol. The van der Waals surface area contributed by atoms with E-state index in [2.05, 4.69) is 22.4 Å². The van der Waals surface area contributed by atoms with Crippen molar-refractivity contribution in [3.63, 3.8) is 0 Å². The van der Waals surface area contributed by atoms with Crippen LogP contribution in [0.3, 0.4) is 0 Å². The summed E-state index contributed by atoms with van der Waals surface area (Å²) in [6, 6.07) is 7.49. The van der Waals surface area contributed by atoms with E-state index in [4.69, 9.17) is 4.74 Å². The number of anilines is 1. The fraction of sp³-hybridized carbons (Fsp3) is 0.500. The van der Waals surface area contributed by atoms with E-state index in [0.717, 1.165) is 37.2 Å². The summed E-state index contributed by atoms with van der Waals surface area (Å²) in [7, 11) is 3.91. The van der Waals surface area contributed by atoms with Crippen LogP contribution in [-0.2, 0) is 11.8 Å². The predicted molar refractivity (Wildman–Crippen MR) is 114 cm³/mol. The highest BCUT2D eigenvalue weighted by molar-refractivity contribution is 6.01. The molecule has 30 heavy (non-hydrogen) atoms. The number of hydrogen-bond donors (Lipinski definition) is 1. The summed E-state index contributed by atoms with van der Waals surface area (Å²) in [5.41, 5.74) is 1.97. The molecule has 1 N–H and O–H groups in total. The zero-order valence-corrected chi connectivity index (χ0v) is 18.1. The average Bonchev–Trinajstić information content (AvgIpc) is 2.95. The van der Waals surface area contributed by atoms with E-state index in [1.807, 2.05) is 45.2 Å². The number of benzene rings is 1. The van der Waals surface area contributed by atoms with E-state index >= 15 is 0 Å². The Hall–Kier alpha value is -2.87. The van der Waals surface area contributed by atoms with Crippen LogP contribution in [-0.4, -0.2) is 70.2 Å². The van der Waals surface area contributed by atoms with Crippen LogP contribution in [0.4, 0.5) is 5.82 Å². The molecule has 0 aliphatic carbocycles. The summed E-state index contributed by atoms with van der Waals surface area (Å²) < 4.78 is 8.17. The Morgan fingerprint density at radius 3 is 2.60 bits per heavy atom. The number of piperidine rings is 1. The van der Waals surface area contributed by atoms with Crippen LogP contribution in [0.2, 0.25) is 0 Å². The van der Waals surface area contributed by atoms with E-state index in [1.54, 1.807) is 9.58 Å². The van der Waals surface area contributed by atoms with Crippen molar-refractivity contribution in [1.29, 1.82) is 0 Å². The molecule has 1 saturated heterocycles. The standard InChI is InChI=1S/C22H29N5O3/c1-15-5-6-18-17(11-15)21(29)27(14-22(30-18)7-9-25(3)10-8-22)13-20(28)23-19-12-16(2)26(4)24-19/h5-6,11-12H,7-10,13-14H2,1-4H3,(H,23,24,28). The second kappa shape index (κ2) is 7.75. The van der Waals surface area contributed by atoms with Gasteiger partial charge in [-0.3, -0.25) is 14.3 Å². The van der Waals surface area contributed by atoms with E-state index in [-0.39, 0.29) is 18.4 Å². The van der Waals surface area contributed by atoms with Crippen molar-refractivity contribution >= 4 is 17.6 Å². The molecule has 0 saturated carbocycles. The summed E-state index contributed by atoms with van der Waals surface area (Å²) in [5.74, 6) is 0.666. The van der Waals surface area contributed by atoms with Crippen molar-refractivity contribution < 1.29 is 14.3 Å². The van der Waals surface area contributed by atoms with Crippen LogP contribution >= 0.6 is 0 Å². The predicted octanol–water partition coefficient (Wildman–Crippen LogP) is 1.97. The summed E-state index contributed by atoms with van der Waals surface area (Å²) in [5, 5.41) is 7.08. The SMILES string of the molecule is Cc1ccc2c(c1)C(=O)N(CC(=O)Nc1cc(C)n(C)n1)CC1(CCN(C)CC1)O2. The zero-order chi connectivity index (χ0) is 21.5. The van der Waals surface area contributed by atoms with Gasteiger partial charge >= 0.3 is 0 Å². The molecule has 3 heterocycles. The minimum absolute atomic E-state index is 0.0389. The molecule has 1 fully saturated rings. The van der Waals surface area contributed by atoms with Crippen LogP contribution in [0.1, 0.15) is 34.5 Å². The van der Waals surface area contributed by atoms with Gasteiger partial charge in [0.2, 0.25) is 5.91 Å². The molecule has 2 aliphatic heterocycles. The Balaban J connectivity index is 1.60. The summed E-state index contributed by atoms with van der Waals surface area (Å²) in [6.45, 7) is 6.00. The number of amides is 2. The zero-order valence-electron chi connectivity index (χ0n) is 18.1. The maximum atomic E-state index is 13.4. The van der Waals surface area contributed by atoms with Crippen LogP contribution in [0.15, 0.2) is 24.3 Å². The molecule has 0 atom stereocenters. The van der Waals surface area contributed by atoms with E-state index in [0.29, 0.717) is 23.7 Å². The maximum Gasteiger partial charge on any atom is 0.258 e. The van der Waals surface area contributed by atoms with E-state index < -0.39 is 5.60 Å². The van der Waals surface area contributed by atoms with Crippen molar-refractivity contribution in [2.45, 2.75) is 32.3 Å². The summed E-state index contributed by atoms with van der Waals surface area (Å²) >= 11 is 0. The first-order valence-electron chi connectivity index (χ1n) is 10.3. The summed E-state index contributed by atoms with van der Waals surface area (Å²) in [6.07, 6.45) is 1.61. The van der Waals surface area contributed by atoms with Crippen molar-refractivity contribution in [3.05, 3.63) is 41.1 Å². The first-order chi connectivity index (χ1) is 14.2. The number of likely N-dealkylation sites (tertiary alicyclic amines) is 1. The number of nitrogens with one attached hydrogen (secondary N) is 1. The number of ether oxygens (including phenoxy) is 1. The van der Waals surface area contributed by atoms with Crippen LogP contribution < -0.4 is 10.1 Å². The summed E-state index contributed by atoms with van der Waals surface area (Å²) in [4.78, 5) is 30.0. The van der Waals surface area contributed by atoms with Gasteiger partial charge in [-0.2, -0.15) is 5.10 Å². The molecule has 2 aromatic rings. The first kappa shape index (κ1) is 20.4. The molecule has 1 aromatic heterocycles. The lowest BCUT2D eigenvalue weighted by Crippen LogP contribution is -2.54. The van der Waals surface area contributed by atoms with Gasteiger partial charge in [0.05, 0.1) is 12.1 Å². The minimum atomic E-state index is -0.482. The molecule has 1 spiro atoms. The van der Waals surface area contributed by atoms with Gasteiger partial charge in [-0.05, 0) is 33.0 Å². The number of aryl methyl sites for hydroxylation is 3. The minimum Gasteiger partial charge on any atom is -0.484 e. The Bertz CT molecular complexity index is 956. The molecule has 2 amide bonds. The lowest BCUT2D eigenvalue weighted by molar-refractivity contribution is -0.117. The number of hydrogen-bond acceptors (Lipinski definition) is 5. The van der Waals surface area contributed by atoms with E-state index in [1.165, 1.54) is 0 Å². The topological polar surface area (TPSA) is 79.7 Å². The second-order valence-electron chi connectivity index (χ2n) is 8.59. The molecule has 0 unspecified atom stereocenters. The molecule has 4 rings (SSSR count). The molecular formula is C22H29N5O3. The van der Waals surface area contributed by atoms with Crippen LogP contribution in [0.5, 0.6) is 5.75 Å². The van der Waals surface area contributed by atoms with Crippen molar-refractivity contribution in [2.75, 3.05) is 38.5 Å². The molecule has 8 heteroatoms. The van der Waals surface area contributed by atoms with Gasteiger partial charge in [0.25, 0.3) is 5.91 Å². The Morgan fingerprint density at radius 1 is 1.20 bits per heavy atom. The highest BCUT2D eigenvalue weighted by atomic mass is 16.5. The lowest BCUT2D eigenvalue weighted by atomic mass is 9.90. The van der Waals surface area contributed by atoms with Gasteiger partial charge in [-0.1, -0.05) is 11.6 Å². The number of carbonyl (C=O) groups excluding carboxylic acids is 2. The third-order valence-electron chi connectivity index (χ3n) is 6.07. The average molecular weight is 412 g/mol. The van der Waals surface area contributed by atoms with Crippen molar-refractivity contribution in [1.82, 2.24) is 19.6 Å². The molecule has 1 aromatic carbocycles. The Kier molecular flexibility index (Phi) is 5.27. The third kappa shape index (κ3) is 4.05.